The first-order chi connectivity index (χ1) is 14.5. The zero-order valence-corrected chi connectivity index (χ0v) is 19.7. The summed E-state index contributed by atoms with van der Waals surface area (Å²) in [5.41, 5.74) is 0.918. The Balaban J connectivity index is 1.73. The molecule has 0 radical (unpaired) electrons. The van der Waals surface area contributed by atoms with Crippen LogP contribution in [0.2, 0.25) is 15.3 Å². The Bertz CT molecular complexity index is 1170. The molecule has 3 aromatic rings. The summed E-state index contributed by atoms with van der Waals surface area (Å²) in [5.74, 6) is 0. The maximum absolute atomic E-state index is 12.4. The molecule has 1 saturated carbocycles. The van der Waals surface area contributed by atoms with E-state index in [4.69, 9.17) is 39.5 Å². The Labute approximate surface area is 194 Å². The maximum Gasteiger partial charge on any atom is 0.408 e. The molecule has 11 heteroatoms. The minimum Gasteiger partial charge on any atom is -0.444 e. The Kier molecular flexibility index (Phi) is 5.52. The number of amides is 1. The van der Waals surface area contributed by atoms with Gasteiger partial charge in [-0.1, -0.05) is 34.5 Å². The summed E-state index contributed by atoms with van der Waals surface area (Å²) in [7, 11) is 0. The van der Waals surface area contributed by atoms with Crippen molar-refractivity contribution < 1.29 is 9.53 Å². The summed E-state index contributed by atoms with van der Waals surface area (Å²) in [6.45, 7) is 7.34. The Morgan fingerprint density at radius 1 is 1.23 bits per heavy atom. The van der Waals surface area contributed by atoms with Gasteiger partial charge in [-0.3, -0.25) is 0 Å². The number of nitrogens with zero attached hydrogens (tertiary/aromatic N) is 5. The van der Waals surface area contributed by atoms with Crippen LogP contribution in [-0.2, 0) is 10.3 Å². The van der Waals surface area contributed by atoms with E-state index in [0.717, 1.165) is 5.56 Å². The van der Waals surface area contributed by atoms with Crippen LogP contribution in [0.4, 0.5) is 4.79 Å². The monoisotopic (exact) mass is 482 g/mol. The molecule has 0 saturated heterocycles. The van der Waals surface area contributed by atoms with E-state index in [9.17, 15) is 4.79 Å². The minimum atomic E-state index is -0.713. The van der Waals surface area contributed by atoms with Crippen molar-refractivity contribution in [3.8, 4) is 0 Å². The lowest BCUT2D eigenvalue weighted by Crippen LogP contribution is -2.39. The van der Waals surface area contributed by atoms with Crippen molar-refractivity contribution in [2.24, 2.45) is 0 Å². The lowest BCUT2D eigenvalue weighted by atomic mass is 10.1. The van der Waals surface area contributed by atoms with E-state index in [0.29, 0.717) is 39.7 Å². The highest BCUT2D eigenvalue weighted by Gasteiger charge is 2.50. The number of rotatable bonds is 4. The van der Waals surface area contributed by atoms with Crippen molar-refractivity contribution in [1.82, 2.24) is 30.3 Å². The van der Waals surface area contributed by atoms with E-state index in [1.54, 1.807) is 37.6 Å². The van der Waals surface area contributed by atoms with E-state index in [2.05, 4.69) is 25.6 Å². The molecule has 1 amide bonds. The summed E-state index contributed by atoms with van der Waals surface area (Å²) < 4.78 is 7.04. The van der Waals surface area contributed by atoms with Crippen LogP contribution in [0, 0.1) is 0 Å². The fourth-order valence-electron chi connectivity index (χ4n) is 3.42. The standard InChI is InChI=1S/C20H21Cl3N6O2/c1-10(12-6-5-11(21)9-13(12)22)29-16-14(27-28-29)15(24-17(23)25-16)20(7-8-20)26-18(30)31-19(2,3)4/h5-6,9-10H,7-8H2,1-4H3,(H,26,30)/t10-/m1/s1. The molecule has 1 atom stereocenters. The normalized spacial score (nSPS) is 16.2. The van der Waals surface area contributed by atoms with Crippen molar-refractivity contribution in [1.29, 1.82) is 0 Å². The van der Waals surface area contributed by atoms with Crippen molar-refractivity contribution >= 4 is 52.1 Å². The zero-order chi connectivity index (χ0) is 22.6. The predicted molar refractivity (Wildman–Crippen MR) is 119 cm³/mol. The lowest BCUT2D eigenvalue weighted by Gasteiger charge is -2.23. The minimum absolute atomic E-state index is 0.0396. The number of alkyl carbamates (subject to hydrolysis) is 1. The van der Waals surface area contributed by atoms with Gasteiger partial charge in [0.2, 0.25) is 5.28 Å². The van der Waals surface area contributed by atoms with Gasteiger partial charge in [0.05, 0.1) is 11.6 Å². The van der Waals surface area contributed by atoms with Crippen molar-refractivity contribution in [3.05, 3.63) is 44.8 Å². The SMILES string of the molecule is C[C@H](c1ccc(Cl)cc1Cl)n1nnc2c(C3(NC(=O)OC(C)(C)C)CC3)nc(Cl)nc21. The van der Waals surface area contributed by atoms with Gasteiger partial charge in [-0.05, 0) is 69.8 Å². The summed E-state index contributed by atoms with van der Waals surface area (Å²) in [6, 6.07) is 4.97. The van der Waals surface area contributed by atoms with Gasteiger partial charge in [-0.15, -0.1) is 5.10 Å². The molecular formula is C20H21Cl3N6O2. The molecule has 0 bridgehead atoms. The Morgan fingerprint density at radius 2 is 1.94 bits per heavy atom. The third kappa shape index (κ3) is 4.42. The van der Waals surface area contributed by atoms with Gasteiger partial charge in [0.25, 0.3) is 0 Å². The van der Waals surface area contributed by atoms with Crippen LogP contribution >= 0.6 is 34.8 Å². The molecular weight excluding hydrogens is 463 g/mol. The quantitative estimate of drug-likeness (QED) is 0.506. The molecule has 1 N–H and O–H groups in total. The fourth-order valence-corrected chi connectivity index (χ4v) is 4.15. The lowest BCUT2D eigenvalue weighted by molar-refractivity contribution is 0.0494. The number of aromatic nitrogens is 5. The fraction of sp³-hybridized carbons (Fsp3) is 0.450. The highest BCUT2D eigenvalue weighted by molar-refractivity contribution is 6.35. The number of hydrogen-bond donors (Lipinski definition) is 1. The zero-order valence-electron chi connectivity index (χ0n) is 17.4. The molecule has 0 unspecified atom stereocenters. The Hall–Kier alpha value is -2.16. The second-order valence-electron chi connectivity index (χ2n) is 8.60. The number of hydrogen-bond acceptors (Lipinski definition) is 6. The van der Waals surface area contributed by atoms with E-state index in [-0.39, 0.29) is 11.3 Å². The molecule has 1 fully saturated rings. The van der Waals surface area contributed by atoms with Crippen molar-refractivity contribution in [2.45, 2.75) is 57.7 Å². The molecule has 1 aromatic carbocycles. The van der Waals surface area contributed by atoms with Gasteiger partial charge in [0.15, 0.2) is 11.2 Å². The molecule has 31 heavy (non-hydrogen) atoms. The van der Waals surface area contributed by atoms with Gasteiger partial charge < -0.3 is 10.1 Å². The summed E-state index contributed by atoms with van der Waals surface area (Å²) >= 11 is 18.7. The molecule has 1 aliphatic rings. The average molecular weight is 484 g/mol. The highest BCUT2D eigenvalue weighted by atomic mass is 35.5. The van der Waals surface area contributed by atoms with Crippen molar-refractivity contribution in [3.63, 3.8) is 0 Å². The van der Waals surface area contributed by atoms with Gasteiger partial charge in [-0.2, -0.15) is 4.98 Å². The van der Waals surface area contributed by atoms with Gasteiger partial charge in [0, 0.05) is 10.0 Å². The smallest absolute Gasteiger partial charge is 0.408 e. The summed E-state index contributed by atoms with van der Waals surface area (Å²) in [4.78, 5) is 21.1. The average Bonchev–Trinajstić information content (AvgIpc) is 3.29. The third-order valence-electron chi connectivity index (χ3n) is 5.02. The van der Waals surface area contributed by atoms with E-state index in [1.807, 2.05) is 13.0 Å². The molecule has 164 valence electrons. The molecule has 4 rings (SSSR count). The molecule has 8 nitrogen and oxygen atoms in total. The van der Waals surface area contributed by atoms with Crippen LogP contribution in [0.3, 0.4) is 0 Å². The van der Waals surface area contributed by atoms with Crippen LogP contribution < -0.4 is 5.32 Å². The van der Waals surface area contributed by atoms with E-state index < -0.39 is 17.2 Å². The number of carbonyl (C=O) groups is 1. The van der Waals surface area contributed by atoms with Gasteiger partial charge in [-0.25, -0.2) is 14.5 Å². The van der Waals surface area contributed by atoms with Crippen LogP contribution in [0.25, 0.3) is 11.2 Å². The number of halogens is 3. The van der Waals surface area contributed by atoms with Gasteiger partial charge in [0.1, 0.15) is 11.3 Å². The number of ether oxygens (including phenoxy) is 1. The first kappa shape index (κ1) is 22.0. The van der Waals surface area contributed by atoms with Gasteiger partial charge >= 0.3 is 6.09 Å². The topological polar surface area (TPSA) is 94.8 Å². The molecule has 2 aromatic heterocycles. The number of benzene rings is 1. The van der Waals surface area contributed by atoms with Crippen molar-refractivity contribution in [2.75, 3.05) is 0 Å². The maximum atomic E-state index is 12.4. The largest absolute Gasteiger partial charge is 0.444 e. The molecule has 2 heterocycles. The third-order valence-corrected chi connectivity index (χ3v) is 5.75. The number of carbonyl (C=O) groups excluding carboxylic acids is 1. The number of nitrogens with one attached hydrogen (secondary N) is 1. The summed E-state index contributed by atoms with van der Waals surface area (Å²) in [5, 5.41) is 12.6. The highest BCUT2D eigenvalue weighted by Crippen LogP contribution is 2.47. The van der Waals surface area contributed by atoms with Crippen LogP contribution in [-0.4, -0.2) is 36.7 Å². The van der Waals surface area contributed by atoms with Crippen LogP contribution in [0.15, 0.2) is 18.2 Å². The first-order valence-electron chi connectivity index (χ1n) is 9.74. The summed E-state index contributed by atoms with van der Waals surface area (Å²) in [6.07, 6.45) is 0.835. The van der Waals surface area contributed by atoms with E-state index >= 15 is 0 Å². The van der Waals surface area contributed by atoms with Crippen LogP contribution in [0.5, 0.6) is 0 Å². The molecule has 0 spiro atoms. The Morgan fingerprint density at radius 3 is 2.55 bits per heavy atom. The first-order valence-corrected chi connectivity index (χ1v) is 10.9. The second kappa shape index (κ2) is 7.76. The molecule has 0 aliphatic heterocycles. The molecule has 1 aliphatic carbocycles. The van der Waals surface area contributed by atoms with Crippen LogP contribution in [0.1, 0.15) is 57.8 Å². The second-order valence-corrected chi connectivity index (χ2v) is 9.78. The number of fused-ring (bicyclic) bond motifs is 1. The van der Waals surface area contributed by atoms with E-state index in [1.165, 1.54) is 0 Å². The predicted octanol–water partition coefficient (Wildman–Crippen LogP) is 5.30.